The number of carbonyl (C=O) groups is 1. The molecule has 4 nitrogen and oxygen atoms in total. The SMILES string of the molecule is CCOC[C](N)C(=O)Oc1ccccc1. The minimum absolute atomic E-state index is 0.0701. The molecule has 0 unspecified atom stereocenters. The van der Waals surface area contributed by atoms with Crippen molar-refractivity contribution < 1.29 is 14.3 Å². The summed E-state index contributed by atoms with van der Waals surface area (Å²) in [7, 11) is 0. The van der Waals surface area contributed by atoms with Gasteiger partial charge in [-0.05, 0) is 19.1 Å². The molecule has 0 saturated heterocycles. The summed E-state index contributed by atoms with van der Waals surface area (Å²) in [6.45, 7) is 2.44. The van der Waals surface area contributed by atoms with Gasteiger partial charge in [-0.25, -0.2) is 4.79 Å². The Morgan fingerprint density at radius 2 is 2.00 bits per heavy atom. The largest absolute Gasteiger partial charge is 0.425 e. The third-order valence-corrected chi connectivity index (χ3v) is 1.68. The van der Waals surface area contributed by atoms with Crippen LogP contribution in [-0.2, 0) is 9.53 Å². The maximum atomic E-state index is 11.4. The van der Waals surface area contributed by atoms with Crippen LogP contribution < -0.4 is 10.5 Å². The number of hydrogen-bond acceptors (Lipinski definition) is 4. The number of para-hydroxylation sites is 1. The summed E-state index contributed by atoms with van der Waals surface area (Å²) >= 11 is 0. The number of nitrogens with two attached hydrogens (primary N) is 1. The first-order valence-corrected chi connectivity index (χ1v) is 4.70. The molecule has 15 heavy (non-hydrogen) atoms. The lowest BCUT2D eigenvalue weighted by Crippen LogP contribution is -2.30. The van der Waals surface area contributed by atoms with Crippen molar-refractivity contribution in [2.45, 2.75) is 6.92 Å². The van der Waals surface area contributed by atoms with E-state index in [4.69, 9.17) is 15.2 Å². The highest BCUT2D eigenvalue weighted by atomic mass is 16.5. The third kappa shape index (κ3) is 4.10. The van der Waals surface area contributed by atoms with E-state index in [-0.39, 0.29) is 12.6 Å². The van der Waals surface area contributed by atoms with Crippen LogP contribution in [0.1, 0.15) is 6.92 Å². The Morgan fingerprint density at radius 3 is 2.60 bits per heavy atom. The van der Waals surface area contributed by atoms with Crippen molar-refractivity contribution >= 4 is 5.97 Å². The predicted octanol–water partition coefficient (Wildman–Crippen LogP) is 1.12. The van der Waals surface area contributed by atoms with Gasteiger partial charge in [-0.1, -0.05) is 18.2 Å². The standard InChI is InChI=1S/C11H14NO3/c1-2-14-8-10(12)11(13)15-9-6-4-3-5-7-9/h3-7H,2,8,12H2,1H3. The highest BCUT2D eigenvalue weighted by molar-refractivity contribution is 5.85. The molecule has 81 valence electrons. The highest BCUT2D eigenvalue weighted by Gasteiger charge is 2.16. The second-order valence-electron chi connectivity index (χ2n) is 2.86. The predicted molar refractivity (Wildman–Crippen MR) is 56.0 cm³/mol. The lowest BCUT2D eigenvalue weighted by molar-refractivity contribution is -0.133. The normalized spacial score (nSPS) is 10.3. The molecule has 0 heterocycles. The van der Waals surface area contributed by atoms with Gasteiger partial charge in [0.25, 0.3) is 0 Å². The van der Waals surface area contributed by atoms with E-state index in [2.05, 4.69) is 0 Å². The molecular formula is C11H14NO3. The van der Waals surface area contributed by atoms with Crippen molar-refractivity contribution in [1.29, 1.82) is 0 Å². The van der Waals surface area contributed by atoms with E-state index in [9.17, 15) is 4.79 Å². The molecule has 0 saturated carbocycles. The van der Waals surface area contributed by atoms with Crippen LogP contribution in [-0.4, -0.2) is 19.2 Å². The van der Waals surface area contributed by atoms with Crippen LogP contribution in [0.2, 0.25) is 0 Å². The first-order valence-electron chi connectivity index (χ1n) is 4.70. The molecule has 0 aromatic heterocycles. The number of hydrogen-bond donors (Lipinski definition) is 1. The number of benzene rings is 1. The van der Waals surface area contributed by atoms with Crippen molar-refractivity contribution in [3.8, 4) is 5.75 Å². The van der Waals surface area contributed by atoms with Crippen LogP contribution in [0.5, 0.6) is 5.75 Å². The van der Waals surface area contributed by atoms with Crippen LogP contribution in [0.4, 0.5) is 0 Å². The summed E-state index contributed by atoms with van der Waals surface area (Å²) in [6, 6.07) is 8.84. The van der Waals surface area contributed by atoms with Gasteiger partial charge in [0.15, 0.2) is 6.04 Å². The summed E-state index contributed by atoms with van der Waals surface area (Å²) in [5.41, 5.74) is 5.47. The summed E-state index contributed by atoms with van der Waals surface area (Å²) in [5.74, 6) is -0.0865. The molecule has 0 aliphatic heterocycles. The lowest BCUT2D eigenvalue weighted by atomic mass is 10.3. The van der Waals surface area contributed by atoms with E-state index in [0.29, 0.717) is 12.4 Å². The Balaban J connectivity index is 2.42. The van der Waals surface area contributed by atoms with Gasteiger partial charge in [-0.3, -0.25) is 0 Å². The number of rotatable bonds is 5. The quantitative estimate of drug-likeness (QED) is 0.581. The van der Waals surface area contributed by atoms with Crippen molar-refractivity contribution in [3.63, 3.8) is 0 Å². The van der Waals surface area contributed by atoms with Gasteiger partial charge in [0.1, 0.15) is 5.75 Å². The number of carbonyl (C=O) groups excluding carboxylic acids is 1. The van der Waals surface area contributed by atoms with Crippen molar-refractivity contribution in [2.75, 3.05) is 13.2 Å². The fourth-order valence-corrected chi connectivity index (χ4v) is 0.932. The van der Waals surface area contributed by atoms with E-state index in [1.807, 2.05) is 13.0 Å². The van der Waals surface area contributed by atoms with Gasteiger partial charge in [0.05, 0.1) is 6.61 Å². The Bertz CT molecular complexity index is 300. The molecule has 1 rings (SSSR count). The maximum absolute atomic E-state index is 11.4. The number of esters is 1. The first kappa shape index (κ1) is 11.7. The molecule has 0 amide bonds. The van der Waals surface area contributed by atoms with Gasteiger partial charge in [0.2, 0.25) is 0 Å². The second-order valence-corrected chi connectivity index (χ2v) is 2.86. The molecule has 1 aromatic rings. The summed E-state index contributed by atoms with van der Waals surface area (Å²) < 4.78 is 9.98. The zero-order chi connectivity index (χ0) is 11.1. The van der Waals surface area contributed by atoms with Crippen LogP contribution in [0.25, 0.3) is 0 Å². The molecule has 0 spiro atoms. The third-order valence-electron chi connectivity index (χ3n) is 1.68. The molecule has 0 aliphatic carbocycles. The van der Waals surface area contributed by atoms with Gasteiger partial charge in [-0.2, -0.15) is 0 Å². The average molecular weight is 208 g/mol. The molecule has 4 heteroatoms. The van der Waals surface area contributed by atoms with E-state index < -0.39 is 5.97 Å². The maximum Gasteiger partial charge on any atom is 0.336 e. The lowest BCUT2D eigenvalue weighted by Gasteiger charge is -2.09. The van der Waals surface area contributed by atoms with Crippen LogP contribution in [0.3, 0.4) is 0 Å². The Hall–Kier alpha value is -1.39. The Morgan fingerprint density at radius 1 is 1.33 bits per heavy atom. The summed E-state index contributed by atoms with van der Waals surface area (Å²) in [4.78, 5) is 11.4. The molecule has 1 radical (unpaired) electrons. The highest BCUT2D eigenvalue weighted by Crippen LogP contribution is 2.10. The second kappa shape index (κ2) is 6.16. The van der Waals surface area contributed by atoms with E-state index in [1.54, 1.807) is 24.3 Å². The molecule has 1 aromatic carbocycles. The molecule has 2 N–H and O–H groups in total. The van der Waals surface area contributed by atoms with Crippen molar-refractivity contribution in [3.05, 3.63) is 36.4 Å². The topological polar surface area (TPSA) is 61.5 Å². The fourth-order valence-electron chi connectivity index (χ4n) is 0.932. The summed E-state index contributed by atoms with van der Waals surface area (Å²) in [5, 5.41) is 0. The van der Waals surface area contributed by atoms with E-state index in [0.717, 1.165) is 0 Å². The van der Waals surface area contributed by atoms with Crippen LogP contribution in [0, 0.1) is 6.04 Å². The zero-order valence-corrected chi connectivity index (χ0v) is 8.60. The molecule has 0 aliphatic rings. The summed E-state index contributed by atoms with van der Waals surface area (Å²) in [6.07, 6.45) is 0. The van der Waals surface area contributed by atoms with Gasteiger partial charge < -0.3 is 15.2 Å². The monoisotopic (exact) mass is 208 g/mol. The molecular weight excluding hydrogens is 194 g/mol. The average Bonchev–Trinajstić information content (AvgIpc) is 2.27. The smallest absolute Gasteiger partial charge is 0.336 e. The molecule has 0 fully saturated rings. The first-order chi connectivity index (χ1) is 7.24. The fraction of sp³-hybridized carbons (Fsp3) is 0.273. The molecule has 0 atom stereocenters. The Labute approximate surface area is 89.0 Å². The van der Waals surface area contributed by atoms with Crippen molar-refractivity contribution in [2.24, 2.45) is 5.73 Å². The van der Waals surface area contributed by atoms with Crippen LogP contribution >= 0.6 is 0 Å². The van der Waals surface area contributed by atoms with E-state index in [1.165, 1.54) is 0 Å². The van der Waals surface area contributed by atoms with Gasteiger partial charge in [-0.15, -0.1) is 0 Å². The van der Waals surface area contributed by atoms with Gasteiger partial charge >= 0.3 is 5.97 Å². The van der Waals surface area contributed by atoms with Crippen molar-refractivity contribution in [1.82, 2.24) is 0 Å². The number of ether oxygens (including phenoxy) is 2. The van der Waals surface area contributed by atoms with Gasteiger partial charge in [0, 0.05) is 6.61 Å². The Kier molecular flexibility index (Phi) is 4.80. The van der Waals surface area contributed by atoms with E-state index >= 15 is 0 Å². The zero-order valence-electron chi connectivity index (χ0n) is 8.60. The minimum Gasteiger partial charge on any atom is -0.425 e. The molecule has 0 bridgehead atoms. The van der Waals surface area contributed by atoms with Crippen LogP contribution in [0.15, 0.2) is 30.3 Å². The minimum atomic E-state index is -0.561.